The Morgan fingerprint density at radius 3 is 1.53 bits per heavy atom. The first kappa shape index (κ1) is 39.0. The van der Waals surface area contributed by atoms with Crippen LogP contribution >= 0.6 is 0 Å². The molecule has 0 N–H and O–H groups in total. The summed E-state index contributed by atoms with van der Waals surface area (Å²) in [4.78, 5) is 39.1. The molecule has 47 heavy (non-hydrogen) atoms. The van der Waals surface area contributed by atoms with Crippen molar-refractivity contribution in [3.8, 4) is 0 Å². The number of ether oxygens (including phenoxy) is 5. The molecule has 0 amide bonds. The van der Waals surface area contributed by atoms with Crippen LogP contribution < -0.4 is 0 Å². The first-order valence-electron chi connectivity index (χ1n) is 14.2. The molecule has 0 saturated heterocycles. The van der Waals surface area contributed by atoms with Gasteiger partial charge in [-0.1, -0.05) is 85.0 Å². The van der Waals surface area contributed by atoms with Crippen molar-refractivity contribution in [2.45, 2.75) is 68.4 Å². The lowest BCUT2D eigenvalue weighted by molar-refractivity contribution is -0.279. The van der Waals surface area contributed by atoms with E-state index in [0.717, 1.165) is 31.4 Å². The third-order valence-electron chi connectivity index (χ3n) is 7.30. The molecule has 0 bridgehead atoms. The van der Waals surface area contributed by atoms with Gasteiger partial charge in [0.1, 0.15) is 12.2 Å². The van der Waals surface area contributed by atoms with Gasteiger partial charge in [0.2, 0.25) is 0 Å². The van der Waals surface area contributed by atoms with Gasteiger partial charge in [-0.25, -0.2) is 9.59 Å². The van der Waals surface area contributed by atoms with Gasteiger partial charge in [-0.3, -0.25) is 4.79 Å². The van der Waals surface area contributed by atoms with Crippen molar-refractivity contribution in [1.29, 1.82) is 0 Å². The molecule has 14 heteroatoms. The van der Waals surface area contributed by atoms with Crippen molar-refractivity contribution in [2.24, 2.45) is 0 Å². The van der Waals surface area contributed by atoms with Gasteiger partial charge < -0.3 is 23.7 Å². The number of allylic oxidation sites excluding steroid dienone is 3. The molecule has 0 saturated carbocycles. The average Bonchev–Trinajstić information content (AvgIpc) is 3.00. The van der Waals surface area contributed by atoms with Crippen LogP contribution in [0.5, 0.6) is 0 Å². The molecule has 2 rings (SSSR count). The van der Waals surface area contributed by atoms with Crippen molar-refractivity contribution >= 4 is 17.9 Å². The lowest BCUT2D eigenvalue weighted by Gasteiger charge is -2.35. The van der Waals surface area contributed by atoms with E-state index in [4.69, 9.17) is 18.9 Å². The number of esters is 3. The number of alkyl halides is 6. The molecule has 2 aromatic rings. The largest absolute Gasteiger partial charge is 0.469 e. The van der Waals surface area contributed by atoms with Crippen LogP contribution in [0.1, 0.15) is 43.7 Å². The first-order valence-corrected chi connectivity index (χ1v) is 14.2. The Bertz CT molecular complexity index is 1380. The van der Waals surface area contributed by atoms with Crippen LogP contribution in [-0.4, -0.2) is 63.8 Å². The highest BCUT2D eigenvalue weighted by Gasteiger charge is 2.65. The minimum absolute atomic E-state index is 0.106. The van der Waals surface area contributed by atoms with E-state index in [0.29, 0.717) is 19.8 Å². The second-order valence-corrected chi connectivity index (χ2v) is 10.4. The molecular formula is C33H36F6O8. The molecule has 0 radical (unpaired) electrons. The van der Waals surface area contributed by atoms with E-state index in [1.54, 1.807) is 13.0 Å². The highest BCUT2D eigenvalue weighted by molar-refractivity contribution is 5.84. The number of halogens is 6. The number of hydrogen-bond donors (Lipinski definition) is 0. The Labute approximate surface area is 268 Å². The van der Waals surface area contributed by atoms with E-state index in [-0.39, 0.29) is 12.8 Å². The highest BCUT2D eigenvalue weighted by Crippen LogP contribution is 2.45. The number of benzene rings is 2. The second-order valence-electron chi connectivity index (χ2n) is 10.4. The number of carbonyl (C=O) groups excluding carboxylic acids is 3. The molecule has 0 spiro atoms. The van der Waals surface area contributed by atoms with Crippen LogP contribution in [-0.2, 0) is 49.3 Å². The molecule has 258 valence electrons. The van der Waals surface area contributed by atoms with Crippen LogP contribution in [0.2, 0.25) is 0 Å². The van der Waals surface area contributed by atoms with Crippen molar-refractivity contribution < 1.29 is 64.4 Å². The number of rotatable bonds is 16. The second kappa shape index (κ2) is 16.6. The quantitative estimate of drug-likeness (QED) is 0.0823. The smallest absolute Gasteiger partial charge is 0.432 e. The van der Waals surface area contributed by atoms with Crippen LogP contribution in [0.15, 0.2) is 85.0 Å². The predicted octanol–water partition coefficient (Wildman–Crippen LogP) is 6.88. The van der Waals surface area contributed by atoms with Crippen molar-refractivity contribution in [1.82, 2.24) is 0 Å². The van der Waals surface area contributed by atoms with Crippen LogP contribution in [0.3, 0.4) is 0 Å². The first-order chi connectivity index (χ1) is 22.0. The normalized spacial score (nSPS) is 16.2. The third kappa shape index (κ3) is 9.01. The van der Waals surface area contributed by atoms with Gasteiger partial charge in [0.25, 0.3) is 11.2 Å². The lowest BCUT2D eigenvalue weighted by atomic mass is 9.92. The van der Waals surface area contributed by atoms with E-state index in [1.165, 1.54) is 42.5 Å². The Morgan fingerprint density at radius 2 is 1.17 bits per heavy atom. The molecule has 0 fully saturated rings. The zero-order chi connectivity index (χ0) is 35.5. The number of carbonyl (C=O) groups is 3. The van der Waals surface area contributed by atoms with Gasteiger partial charge in [-0.05, 0) is 19.8 Å². The Hall–Kier alpha value is -4.17. The monoisotopic (exact) mass is 674 g/mol. The summed E-state index contributed by atoms with van der Waals surface area (Å²) in [5.74, 6) is -4.88. The van der Waals surface area contributed by atoms with Crippen LogP contribution in [0, 0.1) is 0 Å². The van der Waals surface area contributed by atoms with Gasteiger partial charge in [0, 0.05) is 31.8 Å². The lowest BCUT2D eigenvalue weighted by Crippen LogP contribution is -2.53. The third-order valence-corrected chi connectivity index (χ3v) is 7.30. The molecule has 0 aliphatic carbocycles. The summed E-state index contributed by atoms with van der Waals surface area (Å²) in [6, 6.07) is 11.8. The van der Waals surface area contributed by atoms with E-state index in [2.05, 4.69) is 11.3 Å². The summed E-state index contributed by atoms with van der Waals surface area (Å²) in [6.07, 6.45) is -12.6. The highest BCUT2D eigenvalue weighted by atomic mass is 19.4. The van der Waals surface area contributed by atoms with E-state index >= 15 is 0 Å². The maximum Gasteiger partial charge on any atom is 0.432 e. The SMILES string of the molecule is C=C/C=C(\C)CC[C@H](C[C@@H](CC(=O)OC)OC(=O)[C@@](OC)(c1ccccc1)C(F)(F)F)OC(=O)[C@@](OC)(c1ccccc1)C(F)(F)F. The van der Waals surface area contributed by atoms with Gasteiger partial charge in [-0.2, -0.15) is 26.3 Å². The molecule has 0 aliphatic heterocycles. The molecular weight excluding hydrogens is 638 g/mol. The summed E-state index contributed by atoms with van der Waals surface area (Å²) in [7, 11) is 2.28. The maximum atomic E-state index is 14.6. The van der Waals surface area contributed by atoms with Gasteiger partial charge in [0.15, 0.2) is 0 Å². The summed E-state index contributed by atoms with van der Waals surface area (Å²) in [5, 5.41) is 0. The van der Waals surface area contributed by atoms with Crippen molar-refractivity contribution in [3.63, 3.8) is 0 Å². The zero-order valence-electron chi connectivity index (χ0n) is 26.2. The fourth-order valence-corrected chi connectivity index (χ4v) is 4.88. The fourth-order valence-electron chi connectivity index (χ4n) is 4.88. The number of hydrogen-bond acceptors (Lipinski definition) is 8. The van der Waals surface area contributed by atoms with E-state index in [1.807, 2.05) is 0 Å². The summed E-state index contributed by atoms with van der Waals surface area (Å²) in [6.45, 7) is 5.22. The number of methoxy groups -OCH3 is 3. The maximum absolute atomic E-state index is 14.6. The fraction of sp³-hybridized carbons (Fsp3) is 0.424. The molecule has 0 heterocycles. The minimum atomic E-state index is -5.37. The molecule has 0 aliphatic rings. The molecule has 4 atom stereocenters. The zero-order valence-corrected chi connectivity index (χ0v) is 26.2. The van der Waals surface area contributed by atoms with Gasteiger partial charge in [0.05, 0.1) is 13.5 Å². The molecule has 2 aromatic carbocycles. The predicted molar refractivity (Wildman–Crippen MR) is 157 cm³/mol. The topological polar surface area (TPSA) is 97.4 Å². The van der Waals surface area contributed by atoms with Gasteiger partial charge >= 0.3 is 30.3 Å². The summed E-state index contributed by atoms with van der Waals surface area (Å²) in [5.41, 5.74) is -7.83. The Kier molecular flexibility index (Phi) is 13.8. The molecule has 0 aromatic heterocycles. The summed E-state index contributed by atoms with van der Waals surface area (Å²) >= 11 is 0. The van der Waals surface area contributed by atoms with Crippen LogP contribution in [0.25, 0.3) is 0 Å². The van der Waals surface area contributed by atoms with Crippen molar-refractivity contribution in [3.05, 3.63) is 96.1 Å². The van der Waals surface area contributed by atoms with E-state index < -0.39 is 77.6 Å². The Balaban J connectivity index is 2.60. The minimum Gasteiger partial charge on any atom is -0.469 e. The van der Waals surface area contributed by atoms with Crippen LogP contribution in [0.4, 0.5) is 26.3 Å². The average molecular weight is 675 g/mol. The molecule has 0 unspecified atom stereocenters. The van der Waals surface area contributed by atoms with Gasteiger partial charge in [-0.15, -0.1) is 0 Å². The molecule has 8 nitrogen and oxygen atoms in total. The van der Waals surface area contributed by atoms with E-state index in [9.17, 15) is 40.7 Å². The van der Waals surface area contributed by atoms with Crippen molar-refractivity contribution in [2.75, 3.05) is 21.3 Å². The summed E-state index contributed by atoms with van der Waals surface area (Å²) < 4.78 is 112. The Morgan fingerprint density at radius 1 is 0.745 bits per heavy atom. The standard InChI is InChI=1S/C33H36F6O8/c1-6-13-22(2)18-19-25(46-28(41)30(44-4,32(34,35)36)23-14-9-7-10-15-23)20-26(21-27(40)43-3)47-29(42)31(45-5,33(37,38)39)24-16-11-8-12-17-24/h6-17,25-26H,1,18-21H2,2-5H3/b22-13+/t25-,26+,30+,31+/m1/s1.